The first kappa shape index (κ1) is 31.7. The Hall–Kier alpha value is -4.69. The number of carbonyl (C=O) groups excluding carboxylic acids is 2. The molecule has 1 N–H and O–H groups in total. The van der Waals surface area contributed by atoms with Crippen molar-refractivity contribution in [2.45, 2.75) is 39.0 Å². The highest BCUT2D eigenvalue weighted by molar-refractivity contribution is 6.32. The van der Waals surface area contributed by atoms with Crippen LogP contribution in [-0.4, -0.2) is 46.7 Å². The van der Waals surface area contributed by atoms with Crippen LogP contribution in [0.1, 0.15) is 62.0 Å². The number of carbonyl (C=O) groups is 2. The van der Waals surface area contributed by atoms with Gasteiger partial charge in [-0.2, -0.15) is 23.1 Å². The number of tetrazole rings is 1. The maximum Gasteiger partial charge on any atom is 0.455 e. The second kappa shape index (κ2) is 12.7. The van der Waals surface area contributed by atoms with E-state index in [0.717, 1.165) is 4.68 Å². The molecule has 3 heterocycles. The zero-order valence-electron chi connectivity index (χ0n) is 23.5. The number of hydrogen-bond donors (Lipinski definition) is 1. The standard InChI is InChI=1S/C29H22Cl2F4N8O2/c1-15-10-17(30)11-21(27(45)37-16(2)19-6-3-4-8-23(19)32)20(15)13-25(44)24-12-18(14-42-40-28(38-41-42)29(33,34)35)39-43(24)26-22(31)7-5-9-36-26/h3-12,16H,13-14H2,1-2H3,(H,37,45). The van der Waals surface area contributed by atoms with E-state index in [9.17, 15) is 27.2 Å². The van der Waals surface area contributed by atoms with Gasteiger partial charge in [0.2, 0.25) is 0 Å². The van der Waals surface area contributed by atoms with Gasteiger partial charge in [0.05, 0.1) is 16.8 Å². The van der Waals surface area contributed by atoms with Crippen LogP contribution in [0.15, 0.2) is 60.8 Å². The SMILES string of the molecule is Cc1cc(Cl)cc(C(=O)NC(C)c2ccccc2F)c1CC(=O)c1cc(Cn2nnc(C(F)(F)F)n2)nn1-c1ncccc1Cl. The number of ketones is 1. The Morgan fingerprint density at radius 2 is 1.80 bits per heavy atom. The maximum atomic E-state index is 14.4. The molecule has 0 saturated carbocycles. The molecule has 45 heavy (non-hydrogen) atoms. The van der Waals surface area contributed by atoms with E-state index >= 15 is 0 Å². The molecule has 232 valence electrons. The molecule has 1 amide bonds. The van der Waals surface area contributed by atoms with Crippen molar-refractivity contribution in [1.29, 1.82) is 0 Å². The van der Waals surface area contributed by atoms with Gasteiger partial charge in [-0.25, -0.2) is 14.1 Å². The normalized spacial score (nSPS) is 12.3. The van der Waals surface area contributed by atoms with E-state index in [4.69, 9.17) is 23.2 Å². The van der Waals surface area contributed by atoms with E-state index < -0.39 is 35.6 Å². The summed E-state index contributed by atoms with van der Waals surface area (Å²) in [7, 11) is 0. The average molecular weight is 661 g/mol. The lowest BCUT2D eigenvalue weighted by Crippen LogP contribution is -2.29. The molecule has 3 aromatic heterocycles. The van der Waals surface area contributed by atoms with Gasteiger partial charge in [0.25, 0.3) is 11.7 Å². The summed E-state index contributed by atoms with van der Waals surface area (Å²) in [6.07, 6.45) is -3.68. The Morgan fingerprint density at radius 1 is 1.04 bits per heavy atom. The molecule has 0 radical (unpaired) electrons. The lowest BCUT2D eigenvalue weighted by Gasteiger charge is -2.18. The number of halogens is 6. The summed E-state index contributed by atoms with van der Waals surface area (Å²) >= 11 is 12.6. The fraction of sp³-hybridized carbons (Fsp3) is 0.207. The number of nitrogens with zero attached hydrogens (tertiary/aromatic N) is 7. The minimum absolute atomic E-state index is 0.0257. The van der Waals surface area contributed by atoms with E-state index in [1.165, 1.54) is 36.5 Å². The van der Waals surface area contributed by atoms with E-state index in [1.54, 1.807) is 38.1 Å². The number of amides is 1. The van der Waals surface area contributed by atoms with Gasteiger partial charge in [0.1, 0.15) is 18.1 Å². The van der Waals surface area contributed by atoms with E-state index in [0.29, 0.717) is 15.9 Å². The molecule has 0 aliphatic carbocycles. The molecular formula is C29H22Cl2F4N8O2. The van der Waals surface area contributed by atoms with Crippen molar-refractivity contribution in [2.75, 3.05) is 0 Å². The minimum atomic E-state index is -4.80. The Kier molecular flexibility index (Phi) is 8.98. The van der Waals surface area contributed by atoms with Crippen LogP contribution in [0.3, 0.4) is 0 Å². The molecule has 2 aromatic carbocycles. The lowest BCUT2D eigenvalue weighted by molar-refractivity contribution is -0.145. The van der Waals surface area contributed by atoms with Gasteiger partial charge < -0.3 is 5.32 Å². The largest absolute Gasteiger partial charge is 0.455 e. The van der Waals surface area contributed by atoms with Crippen LogP contribution < -0.4 is 5.32 Å². The van der Waals surface area contributed by atoms with Crippen LogP contribution in [0, 0.1) is 12.7 Å². The highest BCUT2D eigenvalue weighted by Crippen LogP contribution is 2.27. The molecule has 10 nitrogen and oxygen atoms in total. The Bertz CT molecular complexity index is 1910. The number of aryl methyl sites for hydroxylation is 1. The summed E-state index contributed by atoms with van der Waals surface area (Å²) in [4.78, 5) is 32.2. The Labute approximate surface area is 263 Å². The number of aromatic nitrogens is 7. The fourth-order valence-corrected chi connectivity index (χ4v) is 5.08. The molecule has 1 unspecified atom stereocenters. The van der Waals surface area contributed by atoms with Crippen LogP contribution in [0.5, 0.6) is 0 Å². The number of pyridine rings is 1. The van der Waals surface area contributed by atoms with Gasteiger partial charge in [0.15, 0.2) is 11.6 Å². The molecule has 0 aliphatic rings. The third-order valence-electron chi connectivity index (χ3n) is 6.73. The van der Waals surface area contributed by atoms with E-state index in [2.05, 4.69) is 30.8 Å². The molecule has 16 heteroatoms. The molecule has 5 rings (SSSR count). The van der Waals surface area contributed by atoms with Crippen molar-refractivity contribution in [1.82, 2.24) is 40.3 Å². The van der Waals surface area contributed by atoms with Crippen LogP contribution >= 0.6 is 23.2 Å². The molecule has 5 aromatic rings. The number of rotatable bonds is 9. The number of benzene rings is 2. The van der Waals surface area contributed by atoms with E-state index in [1.807, 2.05) is 0 Å². The first-order valence-corrected chi connectivity index (χ1v) is 14.0. The quantitative estimate of drug-likeness (QED) is 0.152. The van der Waals surface area contributed by atoms with Crippen molar-refractivity contribution >= 4 is 34.9 Å². The first-order valence-electron chi connectivity index (χ1n) is 13.2. The first-order chi connectivity index (χ1) is 21.3. The van der Waals surface area contributed by atoms with Crippen molar-refractivity contribution < 1.29 is 27.2 Å². The molecular weight excluding hydrogens is 639 g/mol. The van der Waals surface area contributed by atoms with Crippen molar-refractivity contribution in [2.24, 2.45) is 0 Å². The van der Waals surface area contributed by atoms with Gasteiger partial charge in [-0.1, -0.05) is 41.4 Å². The highest BCUT2D eigenvalue weighted by atomic mass is 35.5. The molecule has 0 aliphatic heterocycles. The number of Topliss-reactive ketones (excluding diaryl/α,β-unsaturated/α-hetero) is 1. The number of hydrogen-bond acceptors (Lipinski definition) is 7. The summed E-state index contributed by atoms with van der Waals surface area (Å²) in [5.41, 5.74) is 1.34. The fourth-order valence-electron chi connectivity index (χ4n) is 4.61. The molecule has 0 bridgehead atoms. The summed E-state index contributed by atoms with van der Waals surface area (Å²) in [5.74, 6) is -2.95. The summed E-state index contributed by atoms with van der Waals surface area (Å²) in [6.45, 7) is 2.94. The third kappa shape index (κ3) is 7.02. The summed E-state index contributed by atoms with van der Waals surface area (Å²) < 4.78 is 54.5. The molecule has 0 saturated heterocycles. The van der Waals surface area contributed by atoms with Crippen LogP contribution in [0.25, 0.3) is 5.82 Å². The average Bonchev–Trinajstić information content (AvgIpc) is 3.62. The van der Waals surface area contributed by atoms with Crippen molar-refractivity contribution in [3.8, 4) is 5.82 Å². The summed E-state index contributed by atoms with van der Waals surface area (Å²) in [6, 6.07) is 12.7. The van der Waals surface area contributed by atoms with Gasteiger partial charge in [-0.05, 0) is 66.6 Å². The third-order valence-corrected chi connectivity index (χ3v) is 7.25. The topological polar surface area (TPSA) is 120 Å². The second-order valence-corrected chi connectivity index (χ2v) is 10.8. The van der Waals surface area contributed by atoms with Gasteiger partial charge in [-0.15, -0.1) is 10.2 Å². The second-order valence-electron chi connectivity index (χ2n) is 9.95. The number of alkyl halides is 3. The van der Waals surface area contributed by atoms with Crippen LogP contribution in [0.4, 0.5) is 17.6 Å². The van der Waals surface area contributed by atoms with Gasteiger partial charge in [0, 0.05) is 28.8 Å². The van der Waals surface area contributed by atoms with Crippen LogP contribution in [0.2, 0.25) is 10.0 Å². The summed E-state index contributed by atoms with van der Waals surface area (Å²) in [5, 5.41) is 17.3. The van der Waals surface area contributed by atoms with Crippen molar-refractivity contribution in [3.63, 3.8) is 0 Å². The molecule has 0 fully saturated rings. The zero-order valence-corrected chi connectivity index (χ0v) is 25.0. The lowest BCUT2D eigenvalue weighted by atomic mass is 9.95. The van der Waals surface area contributed by atoms with Gasteiger partial charge >= 0.3 is 6.18 Å². The predicted molar refractivity (Wildman–Crippen MR) is 155 cm³/mol. The smallest absolute Gasteiger partial charge is 0.345 e. The Morgan fingerprint density at radius 3 is 2.49 bits per heavy atom. The maximum absolute atomic E-state index is 14.4. The Balaban J connectivity index is 1.49. The predicted octanol–water partition coefficient (Wildman–Crippen LogP) is 5.99. The van der Waals surface area contributed by atoms with Crippen molar-refractivity contribution in [3.05, 3.63) is 116 Å². The zero-order chi connectivity index (χ0) is 32.5. The minimum Gasteiger partial charge on any atom is -0.345 e. The monoisotopic (exact) mass is 660 g/mol. The molecule has 1 atom stereocenters. The van der Waals surface area contributed by atoms with E-state index in [-0.39, 0.29) is 51.3 Å². The van der Waals surface area contributed by atoms with Gasteiger partial charge in [-0.3, -0.25) is 9.59 Å². The van der Waals surface area contributed by atoms with Crippen LogP contribution in [-0.2, 0) is 19.1 Å². The molecule has 0 spiro atoms. The highest BCUT2D eigenvalue weighted by Gasteiger charge is 2.37. The number of nitrogens with one attached hydrogen (secondary N) is 1.